The maximum Gasteiger partial charge on any atom is 0.161 e. The molecule has 0 aromatic heterocycles. The van der Waals surface area contributed by atoms with Gasteiger partial charge in [0.25, 0.3) is 0 Å². The standard InChI is InChI=1S/C21H27NO3S/c1-5-23-20-13-16(21(22)26)6-9-19(20)25-11-10-24-17-7-8-18(14(2)3)15(4)12-17/h6-9,12-14H,5,10-11H2,1-4H3,(H2,22,26). The molecule has 0 saturated carbocycles. The first-order valence-corrected chi connectivity index (χ1v) is 9.26. The molecule has 5 heteroatoms. The predicted octanol–water partition coefficient (Wildman–Crippen LogP) is 4.61. The van der Waals surface area contributed by atoms with Crippen molar-refractivity contribution in [3.8, 4) is 17.2 Å². The van der Waals surface area contributed by atoms with Crippen LogP contribution in [0.4, 0.5) is 0 Å². The normalized spacial score (nSPS) is 10.7. The monoisotopic (exact) mass is 373 g/mol. The first-order chi connectivity index (χ1) is 12.4. The van der Waals surface area contributed by atoms with Crippen LogP contribution in [-0.4, -0.2) is 24.8 Å². The highest BCUT2D eigenvalue weighted by Gasteiger charge is 2.09. The van der Waals surface area contributed by atoms with Gasteiger partial charge < -0.3 is 19.9 Å². The Kier molecular flexibility index (Phi) is 7.27. The summed E-state index contributed by atoms with van der Waals surface area (Å²) >= 11 is 5.01. The van der Waals surface area contributed by atoms with Crippen LogP contribution in [0.15, 0.2) is 36.4 Å². The summed E-state index contributed by atoms with van der Waals surface area (Å²) in [4.78, 5) is 0.334. The van der Waals surface area contributed by atoms with E-state index in [1.165, 1.54) is 11.1 Å². The van der Waals surface area contributed by atoms with E-state index < -0.39 is 0 Å². The molecule has 0 amide bonds. The highest BCUT2D eigenvalue weighted by atomic mass is 32.1. The first kappa shape index (κ1) is 20.0. The maximum atomic E-state index is 5.80. The number of hydrogen-bond donors (Lipinski definition) is 1. The van der Waals surface area contributed by atoms with Crippen LogP contribution in [0.1, 0.15) is 43.4 Å². The molecule has 4 nitrogen and oxygen atoms in total. The van der Waals surface area contributed by atoms with Crippen LogP contribution in [-0.2, 0) is 0 Å². The molecule has 0 fully saturated rings. The van der Waals surface area contributed by atoms with Gasteiger partial charge in [0.05, 0.1) is 6.61 Å². The van der Waals surface area contributed by atoms with E-state index in [4.69, 9.17) is 32.2 Å². The first-order valence-electron chi connectivity index (χ1n) is 8.85. The number of rotatable bonds is 9. The van der Waals surface area contributed by atoms with Gasteiger partial charge in [0.1, 0.15) is 24.0 Å². The molecule has 0 aliphatic heterocycles. The van der Waals surface area contributed by atoms with E-state index in [-0.39, 0.29) is 0 Å². The van der Waals surface area contributed by atoms with E-state index in [1.807, 2.05) is 25.1 Å². The van der Waals surface area contributed by atoms with Gasteiger partial charge in [0, 0.05) is 5.56 Å². The van der Waals surface area contributed by atoms with Crippen molar-refractivity contribution < 1.29 is 14.2 Å². The Labute approximate surface area is 161 Å². The second-order valence-corrected chi connectivity index (χ2v) is 6.77. The molecule has 0 bridgehead atoms. The summed E-state index contributed by atoms with van der Waals surface area (Å²) in [6, 6.07) is 11.6. The summed E-state index contributed by atoms with van der Waals surface area (Å²) in [7, 11) is 0. The number of hydrogen-bond acceptors (Lipinski definition) is 4. The average molecular weight is 374 g/mol. The molecule has 2 N–H and O–H groups in total. The zero-order valence-electron chi connectivity index (χ0n) is 15.9. The van der Waals surface area contributed by atoms with Crippen LogP contribution in [0.5, 0.6) is 17.2 Å². The van der Waals surface area contributed by atoms with Crippen molar-refractivity contribution in [1.29, 1.82) is 0 Å². The van der Waals surface area contributed by atoms with Crippen molar-refractivity contribution in [2.45, 2.75) is 33.6 Å². The smallest absolute Gasteiger partial charge is 0.161 e. The fourth-order valence-electron chi connectivity index (χ4n) is 2.75. The average Bonchev–Trinajstić information content (AvgIpc) is 2.59. The van der Waals surface area contributed by atoms with E-state index >= 15 is 0 Å². The number of nitrogens with two attached hydrogens (primary N) is 1. The molecule has 0 atom stereocenters. The molecular formula is C21H27NO3S. The predicted molar refractivity (Wildman–Crippen MR) is 110 cm³/mol. The quantitative estimate of drug-likeness (QED) is 0.514. The molecule has 2 aromatic carbocycles. The van der Waals surface area contributed by atoms with Crippen LogP contribution in [0, 0.1) is 6.92 Å². The third-order valence-corrected chi connectivity index (χ3v) is 4.24. The van der Waals surface area contributed by atoms with Crippen LogP contribution in [0.25, 0.3) is 0 Å². The lowest BCUT2D eigenvalue weighted by Gasteiger charge is -2.14. The summed E-state index contributed by atoms with van der Waals surface area (Å²) in [5, 5.41) is 0. The fourth-order valence-corrected chi connectivity index (χ4v) is 2.87. The van der Waals surface area contributed by atoms with Crippen LogP contribution >= 0.6 is 12.2 Å². The van der Waals surface area contributed by atoms with Gasteiger partial charge in [-0.3, -0.25) is 0 Å². The van der Waals surface area contributed by atoms with Gasteiger partial charge in [0.15, 0.2) is 11.5 Å². The van der Waals surface area contributed by atoms with Crippen molar-refractivity contribution in [3.05, 3.63) is 53.1 Å². The van der Waals surface area contributed by atoms with E-state index in [2.05, 4.69) is 32.9 Å². The molecule has 0 radical (unpaired) electrons. The molecule has 0 spiro atoms. The third-order valence-electron chi connectivity index (χ3n) is 4.00. The zero-order valence-corrected chi connectivity index (χ0v) is 16.7. The lowest BCUT2D eigenvalue weighted by Crippen LogP contribution is -2.12. The topological polar surface area (TPSA) is 53.7 Å². The van der Waals surface area contributed by atoms with E-state index in [0.29, 0.717) is 42.2 Å². The third kappa shape index (κ3) is 5.36. The minimum Gasteiger partial charge on any atom is -0.490 e. The van der Waals surface area contributed by atoms with Crippen molar-refractivity contribution >= 4 is 17.2 Å². The molecule has 26 heavy (non-hydrogen) atoms. The Morgan fingerprint density at radius 1 is 1.00 bits per heavy atom. The number of ether oxygens (including phenoxy) is 3. The van der Waals surface area contributed by atoms with Gasteiger partial charge >= 0.3 is 0 Å². The highest BCUT2D eigenvalue weighted by Crippen LogP contribution is 2.28. The lowest BCUT2D eigenvalue weighted by molar-refractivity contribution is 0.208. The van der Waals surface area contributed by atoms with Crippen molar-refractivity contribution in [1.82, 2.24) is 0 Å². The minimum absolute atomic E-state index is 0.334. The second kappa shape index (κ2) is 9.43. The van der Waals surface area contributed by atoms with Crippen LogP contribution in [0.3, 0.4) is 0 Å². The highest BCUT2D eigenvalue weighted by molar-refractivity contribution is 7.80. The van der Waals surface area contributed by atoms with E-state index in [9.17, 15) is 0 Å². The van der Waals surface area contributed by atoms with Gasteiger partial charge in [-0.25, -0.2) is 0 Å². The van der Waals surface area contributed by atoms with Crippen molar-refractivity contribution in [2.75, 3.05) is 19.8 Å². The number of thiocarbonyl (C=S) groups is 1. The molecule has 0 aliphatic rings. The summed E-state index contributed by atoms with van der Waals surface area (Å²) < 4.78 is 17.2. The molecule has 0 heterocycles. The summed E-state index contributed by atoms with van der Waals surface area (Å²) in [5.74, 6) is 2.65. The van der Waals surface area contributed by atoms with Gasteiger partial charge in [0.2, 0.25) is 0 Å². The van der Waals surface area contributed by atoms with Gasteiger partial charge in [-0.05, 0) is 61.2 Å². The van der Waals surface area contributed by atoms with Crippen LogP contribution in [0.2, 0.25) is 0 Å². The second-order valence-electron chi connectivity index (χ2n) is 6.33. The summed E-state index contributed by atoms with van der Waals surface area (Å²) in [6.45, 7) is 9.81. The minimum atomic E-state index is 0.334. The Morgan fingerprint density at radius 3 is 2.35 bits per heavy atom. The molecule has 140 valence electrons. The van der Waals surface area contributed by atoms with E-state index in [0.717, 1.165) is 11.3 Å². The Balaban J connectivity index is 1.93. The fraction of sp³-hybridized carbons (Fsp3) is 0.381. The molecular weight excluding hydrogens is 346 g/mol. The molecule has 0 unspecified atom stereocenters. The number of aryl methyl sites for hydroxylation is 1. The number of benzene rings is 2. The van der Waals surface area contributed by atoms with E-state index in [1.54, 1.807) is 6.07 Å². The molecule has 2 aromatic rings. The Hall–Kier alpha value is -2.27. The van der Waals surface area contributed by atoms with Crippen molar-refractivity contribution in [3.63, 3.8) is 0 Å². The molecule has 0 saturated heterocycles. The Bertz CT molecular complexity index is 759. The molecule has 2 rings (SSSR count). The zero-order chi connectivity index (χ0) is 19.1. The van der Waals surface area contributed by atoms with Gasteiger partial charge in [-0.2, -0.15) is 0 Å². The molecule has 0 aliphatic carbocycles. The van der Waals surface area contributed by atoms with Gasteiger partial charge in [-0.15, -0.1) is 0 Å². The van der Waals surface area contributed by atoms with Crippen molar-refractivity contribution in [2.24, 2.45) is 5.73 Å². The van der Waals surface area contributed by atoms with Gasteiger partial charge in [-0.1, -0.05) is 32.1 Å². The maximum absolute atomic E-state index is 5.80. The SMILES string of the molecule is CCOc1cc(C(N)=S)ccc1OCCOc1ccc(C(C)C)c(C)c1. The lowest BCUT2D eigenvalue weighted by atomic mass is 9.98. The van der Waals surface area contributed by atoms with Crippen LogP contribution < -0.4 is 19.9 Å². The summed E-state index contributed by atoms with van der Waals surface area (Å²) in [5.41, 5.74) is 9.01. The summed E-state index contributed by atoms with van der Waals surface area (Å²) in [6.07, 6.45) is 0. The Morgan fingerprint density at radius 2 is 1.73 bits per heavy atom. The largest absolute Gasteiger partial charge is 0.490 e.